The molecule has 2 aromatic heterocycles. The second kappa shape index (κ2) is 6.14. The Bertz CT molecular complexity index is 738. The number of pyridine rings is 1. The molecule has 0 aromatic carbocycles. The third-order valence-electron chi connectivity index (χ3n) is 3.81. The number of fused-ring (bicyclic) bond motifs is 1. The maximum absolute atomic E-state index is 12.4. The van der Waals surface area contributed by atoms with E-state index >= 15 is 0 Å². The van der Waals surface area contributed by atoms with Gasteiger partial charge in [-0.1, -0.05) is 6.07 Å². The number of carbonyl (C=O) groups excluding carboxylic acids is 2. The van der Waals surface area contributed by atoms with Crippen molar-refractivity contribution in [2.75, 3.05) is 13.1 Å². The van der Waals surface area contributed by atoms with Crippen molar-refractivity contribution in [2.45, 2.75) is 19.1 Å². The predicted octanol–water partition coefficient (Wildman–Crippen LogP) is 1.36. The normalized spacial score (nSPS) is 18.4. The SMILES string of the molecule is O=C(NCc1cn2ccccc2n1)C1CC(=O)N(CC(F)(F)F)C1. The van der Waals surface area contributed by atoms with E-state index in [1.807, 2.05) is 24.4 Å². The van der Waals surface area contributed by atoms with Crippen LogP contribution in [-0.4, -0.2) is 45.4 Å². The molecule has 2 amide bonds. The predicted molar refractivity (Wildman–Crippen MR) is 77.8 cm³/mol. The van der Waals surface area contributed by atoms with Gasteiger partial charge in [-0.05, 0) is 12.1 Å². The molecular formula is C15H15F3N4O2. The largest absolute Gasteiger partial charge is 0.406 e. The Hall–Kier alpha value is -2.58. The Balaban J connectivity index is 1.56. The first-order valence-corrected chi connectivity index (χ1v) is 7.37. The fourth-order valence-corrected chi connectivity index (χ4v) is 2.71. The maximum Gasteiger partial charge on any atom is 0.406 e. The van der Waals surface area contributed by atoms with Crippen LogP contribution in [0.3, 0.4) is 0 Å². The minimum atomic E-state index is -4.46. The van der Waals surface area contributed by atoms with E-state index in [2.05, 4.69) is 10.3 Å². The smallest absolute Gasteiger partial charge is 0.350 e. The number of alkyl halides is 3. The Morgan fingerprint density at radius 3 is 2.88 bits per heavy atom. The van der Waals surface area contributed by atoms with Gasteiger partial charge in [0.1, 0.15) is 12.2 Å². The van der Waals surface area contributed by atoms with Gasteiger partial charge in [0.25, 0.3) is 0 Å². The molecule has 24 heavy (non-hydrogen) atoms. The van der Waals surface area contributed by atoms with Gasteiger partial charge in [-0.2, -0.15) is 13.2 Å². The number of nitrogens with zero attached hydrogens (tertiary/aromatic N) is 3. The summed E-state index contributed by atoms with van der Waals surface area (Å²) in [4.78, 5) is 28.7. The van der Waals surface area contributed by atoms with Crippen molar-refractivity contribution >= 4 is 17.5 Å². The van der Waals surface area contributed by atoms with Crippen molar-refractivity contribution < 1.29 is 22.8 Å². The number of halogens is 3. The van der Waals surface area contributed by atoms with Crippen LogP contribution in [0.1, 0.15) is 12.1 Å². The molecule has 9 heteroatoms. The van der Waals surface area contributed by atoms with E-state index in [4.69, 9.17) is 0 Å². The average molecular weight is 340 g/mol. The molecular weight excluding hydrogens is 325 g/mol. The van der Waals surface area contributed by atoms with Crippen LogP contribution >= 0.6 is 0 Å². The van der Waals surface area contributed by atoms with E-state index in [1.54, 1.807) is 10.6 Å². The van der Waals surface area contributed by atoms with Gasteiger partial charge in [0, 0.05) is 25.4 Å². The van der Waals surface area contributed by atoms with Crippen LogP contribution in [-0.2, 0) is 16.1 Å². The molecule has 1 aliphatic rings. The molecule has 0 bridgehead atoms. The van der Waals surface area contributed by atoms with Crippen LogP contribution in [0.5, 0.6) is 0 Å². The zero-order valence-electron chi connectivity index (χ0n) is 12.6. The number of rotatable bonds is 4. The highest BCUT2D eigenvalue weighted by Gasteiger charge is 2.40. The Kier molecular flexibility index (Phi) is 4.16. The van der Waals surface area contributed by atoms with Crippen LogP contribution in [0.15, 0.2) is 30.6 Å². The van der Waals surface area contributed by atoms with Gasteiger partial charge in [-0.15, -0.1) is 0 Å². The monoisotopic (exact) mass is 340 g/mol. The van der Waals surface area contributed by atoms with Crippen LogP contribution < -0.4 is 5.32 Å². The summed E-state index contributed by atoms with van der Waals surface area (Å²) in [5.41, 5.74) is 1.36. The average Bonchev–Trinajstić information content (AvgIpc) is 3.07. The fourth-order valence-electron chi connectivity index (χ4n) is 2.71. The number of carbonyl (C=O) groups is 2. The minimum Gasteiger partial charge on any atom is -0.350 e. The van der Waals surface area contributed by atoms with E-state index in [-0.39, 0.29) is 19.5 Å². The lowest BCUT2D eigenvalue weighted by molar-refractivity contribution is -0.157. The third-order valence-corrected chi connectivity index (χ3v) is 3.81. The molecule has 0 spiro atoms. The summed E-state index contributed by atoms with van der Waals surface area (Å²) in [5.74, 6) is -1.86. The molecule has 0 radical (unpaired) electrons. The Labute approximate surface area is 135 Å². The summed E-state index contributed by atoms with van der Waals surface area (Å²) in [7, 11) is 0. The molecule has 3 rings (SSSR count). The van der Waals surface area contributed by atoms with E-state index < -0.39 is 30.5 Å². The highest BCUT2D eigenvalue weighted by molar-refractivity contribution is 5.89. The Morgan fingerprint density at radius 1 is 1.38 bits per heavy atom. The van der Waals surface area contributed by atoms with E-state index in [0.717, 1.165) is 5.65 Å². The molecule has 0 saturated carbocycles. The quantitative estimate of drug-likeness (QED) is 0.914. The zero-order valence-corrected chi connectivity index (χ0v) is 12.6. The molecule has 1 atom stereocenters. The van der Waals surface area contributed by atoms with Gasteiger partial charge in [-0.3, -0.25) is 9.59 Å². The highest BCUT2D eigenvalue weighted by atomic mass is 19.4. The first kappa shape index (κ1) is 16.3. The van der Waals surface area contributed by atoms with Gasteiger partial charge in [0.05, 0.1) is 18.2 Å². The van der Waals surface area contributed by atoms with Gasteiger partial charge >= 0.3 is 6.18 Å². The van der Waals surface area contributed by atoms with Crippen LogP contribution in [0.25, 0.3) is 5.65 Å². The summed E-state index contributed by atoms with van der Waals surface area (Å²) in [6.45, 7) is -1.37. The number of aromatic nitrogens is 2. The van der Waals surface area contributed by atoms with Crippen molar-refractivity contribution in [3.63, 3.8) is 0 Å². The van der Waals surface area contributed by atoms with E-state index in [1.165, 1.54) is 0 Å². The Morgan fingerprint density at radius 2 is 2.17 bits per heavy atom. The molecule has 1 saturated heterocycles. The summed E-state index contributed by atoms with van der Waals surface area (Å²) >= 11 is 0. The van der Waals surface area contributed by atoms with Crippen molar-refractivity contribution in [3.05, 3.63) is 36.3 Å². The lowest BCUT2D eigenvalue weighted by atomic mass is 10.1. The van der Waals surface area contributed by atoms with E-state index in [9.17, 15) is 22.8 Å². The molecule has 6 nitrogen and oxygen atoms in total. The van der Waals surface area contributed by atoms with Crippen LogP contribution in [0.2, 0.25) is 0 Å². The number of likely N-dealkylation sites (tertiary alicyclic amines) is 1. The second-order valence-corrected chi connectivity index (χ2v) is 5.71. The summed E-state index contributed by atoms with van der Waals surface area (Å²) in [6.07, 6.45) is -1.09. The minimum absolute atomic E-state index is 0.157. The van der Waals surface area contributed by atoms with Gasteiger partial charge in [0.2, 0.25) is 11.8 Å². The van der Waals surface area contributed by atoms with Crippen LogP contribution in [0.4, 0.5) is 13.2 Å². The van der Waals surface area contributed by atoms with Crippen molar-refractivity contribution in [1.29, 1.82) is 0 Å². The van der Waals surface area contributed by atoms with Crippen LogP contribution in [0, 0.1) is 5.92 Å². The van der Waals surface area contributed by atoms with Gasteiger partial charge in [-0.25, -0.2) is 4.98 Å². The molecule has 1 aliphatic heterocycles. The van der Waals surface area contributed by atoms with E-state index in [0.29, 0.717) is 10.6 Å². The highest BCUT2D eigenvalue weighted by Crippen LogP contribution is 2.24. The summed E-state index contributed by atoms with van der Waals surface area (Å²) < 4.78 is 38.9. The summed E-state index contributed by atoms with van der Waals surface area (Å²) in [5, 5.41) is 2.63. The van der Waals surface area contributed by atoms with Gasteiger partial charge < -0.3 is 14.6 Å². The standard InChI is InChI=1S/C15H15F3N4O2/c16-15(17,18)9-22-7-10(5-13(22)23)14(24)19-6-11-8-21-4-2-1-3-12(21)20-11/h1-4,8,10H,5-7,9H2,(H,19,24). The lowest BCUT2D eigenvalue weighted by Crippen LogP contribution is -2.37. The maximum atomic E-state index is 12.4. The molecule has 1 fully saturated rings. The van der Waals surface area contributed by atoms with Crippen molar-refractivity contribution in [2.24, 2.45) is 5.92 Å². The van der Waals surface area contributed by atoms with Crippen molar-refractivity contribution in [3.8, 4) is 0 Å². The first-order valence-electron chi connectivity index (χ1n) is 7.37. The third kappa shape index (κ3) is 3.66. The first-order chi connectivity index (χ1) is 11.3. The topological polar surface area (TPSA) is 66.7 Å². The molecule has 2 aromatic rings. The zero-order chi connectivity index (χ0) is 17.3. The second-order valence-electron chi connectivity index (χ2n) is 5.71. The van der Waals surface area contributed by atoms with Crippen molar-refractivity contribution in [1.82, 2.24) is 19.6 Å². The lowest BCUT2D eigenvalue weighted by Gasteiger charge is -2.18. The number of hydrogen-bond donors (Lipinski definition) is 1. The van der Waals surface area contributed by atoms with Gasteiger partial charge in [0.15, 0.2) is 0 Å². The molecule has 128 valence electrons. The molecule has 1 unspecified atom stereocenters. The number of imidazole rings is 1. The molecule has 3 heterocycles. The number of amides is 2. The molecule has 0 aliphatic carbocycles. The fraction of sp³-hybridized carbons (Fsp3) is 0.400. The molecule has 1 N–H and O–H groups in total. The number of hydrogen-bond acceptors (Lipinski definition) is 3. The summed E-state index contributed by atoms with van der Waals surface area (Å²) in [6, 6.07) is 5.50. The number of nitrogens with one attached hydrogen (secondary N) is 1.